The minimum atomic E-state index is 0.0311. The molecule has 19 heavy (non-hydrogen) atoms. The van der Waals surface area contributed by atoms with Crippen LogP contribution in [0.3, 0.4) is 0 Å². The number of piperidine rings is 1. The van der Waals surface area contributed by atoms with Crippen LogP contribution in [0.25, 0.3) is 0 Å². The van der Waals surface area contributed by atoms with Crippen molar-refractivity contribution in [3.63, 3.8) is 0 Å². The Balaban J connectivity index is 1.67. The highest BCUT2D eigenvalue weighted by molar-refractivity contribution is 5.85. The van der Waals surface area contributed by atoms with Gasteiger partial charge in [-0.25, -0.2) is 0 Å². The average Bonchev–Trinajstić information content (AvgIpc) is 2.81. The van der Waals surface area contributed by atoms with Gasteiger partial charge in [0.05, 0.1) is 12.0 Å². The van der Waals surface area contributed by atoms with E-state index in [1.807, 2.05) is 4.90 Å². The molecule has 0 aromatic carbocycles. The van der Waals surface area contributed by atoms with Gasteiger partial charge in [-0.1, -0.05) is 0 Å². The Bertz CT molecular complexity index is 377. The van der Waals surface area contributed by atoms with Crippen LogP contribution in [-0.4, -0.2) is 41.9 Å². The van der Waals surface area contributed by atoms with Gasteiger partial charge in [0.2, 0.25) is 11.8 Å². The summed E-state index contributed by atoms with van der Waals surface area (Å²) in [4.78, 5) is 26.4. The maximum atomic E-state index is 12.7. The molecule has 3 rings (SSSR count). The molecule has 3 N–H and O–H groups in total. The van der Waals surface area contributed by atoms with Gasteiger partial charge >= 0.3 is 0 Å². The van der Waals surface area contributed by atoms with E-state index >= 15 is 0 Å². The third kappa shape index (κ3) is 2.36. The lowest BCUT2D eigenvalue weighted by Crippen LogP contribution is -2.51. The Morgan fingerprint density at radius 1 is 1.21 bits per heavy atom. The molecular weight excluding hydrogens is 242 g/mol. The first kappa shape index (κ1) is 12.9. The molecule has 5 nitrogen and oxygen atoms in total. The van der Waals surface area contributed by atoms with Gasteiger partial charge in [0.1, 0.15) is 0 Å². The summed E-state index contributed by atoms with van der Waals surface area (Å²) in [6, 6.07) is 0.372. The Hall–Kier alpha value is -1.10. The molecule has 1 aliphatic carbocycles. The molecule has 5 heteroatoms. The van der Waals surface area contributed by atoms with Gasteiger partial charge in [-0.2, -0.15) is 0 Å². The van der Waals surface area contributed by atoms with Crippen LogP contribution >= 0.6 is 0 Å². The quantitative estimate of drug-likeness (QED) is 0.713. The number of nitrogens with two attached hydrogens (primary N) is 1. The Labute approximate surface area is 113 Å². The van der Waals surface area contributed by atoms with E-state index in [0.717, 1.165) is 45.1 Å². The van der Waals surface area contributed by atoms with E-state index in [1.54, 1.807) is 0 Å². The monoisotopic (exact) mass is 265 g/mol. The van der Waals surface area contributed by atoms with Crippen LogP contribution in [0.15, 0.2) is 0 Å². The highest BCUT2D eigenvalue weighted by atomic mass is 16.2. The molecule has 2 saturated heterocycles. The van der Waals surface area contributed by atoms with Crippen LogP contribution in [0.5, 0.6) is 0 Å². The van der Waals surface area contributed by atoms with Gasteiger partial charge in [0, 0.05) is 25.0 Å². The van der Waals surface area contributed by atoms with Crippen molar-refractivity contribution >= 4 is 11.8 Å². The zero-order valence-corrected chi connectivity index (χ0v) is 11.3. The molecule has 2 heterocycles. The molecule has 106 valence electrons. The highest BCUT2D eigenvalue weighted by Crippen LogP contribution is 2.31. The van der Waals surface area contributed by atoms with Crippen molar-refractivity contribution in [3.8, 4) is 0 Å². The average molecular weight is 265 g/mol. The van der Waals surface area contributed by atoms with Crippen LogP contribution < -0.4 is 11.1 Å². The normalized spacial score (nSPS) is 38.8. The van der Waals surface area contributed by atoms with Crippen molar-refractivity contribution in [1.82, 2.24) is 10.2 Å². The summed E-state index contributed by atoms with van der Waals surface area (Å²) in [7, 11) is 0. The predicted molar refractivity (Wildman–Crippen MR) is 71.2 cm³/mol. The molecule has 2 aliphatic heterocycles. The summed E-state index contributed by atoms with van der Waals surface area (Å²) in [6.07, 6.45) is 5.61. The zero-order chi connectivity index (χ0) is 13.4. The Morgan fingerprint density at radius 2 is 1.95 bits per heavy atom. The molecule has 1 saturated carbocycles. The molecule has 2 unspecified atom stereocenters. The lowest BCUT2D eigenvalue weighted by atomic mass is 9.83. The summed E-state index contributed by atoms with van der Waals surface area (Å²) < 4.78 is 0. The standard InChI is InChI=1S/C14H23N3O2/c15-10-5-3-9(4-6-10)14(19)17-7-1-2-11-12(17)8-16-13(11)18/h9-12H,1-8,15H2,(H,16,18). The third-order valence-corrected chi connectivity index (χ3v) is 5.01. The van der Waals surface area contributed by atoms with E-state index in [-0.39, 0.29) is 35.7 Å². The molecule has 2 amide bonds. The van der Waals surface area contributed by atoms with Crippen LogP contribution in [-0.2, 0) is 9.59 Å². The first-order chi connectivity index (χ1) is 9.16. The van der Waals surface area contributed by atoms with E-state index in [4.69, 9.17) is 5.73 Å². The summed E-state index contributed by atoms with van der Waals surface area (Å²) in [5, 5.41) is 2.90. The summed E-state index contributed by atoms with van der Waals surface area (Å²) in [6.45, 7) is 1.46. The van der Waals surface area contributed by atoms with Gasteiger partial charge in [-0.3, -0.25) is 9.59 Å². The Morgan fingerprint density at radius 3 is 2.68 bits per heavy atom. The SMILES string of the molecule is NC1CCC(C(=O)N2CCCC3C(=O)NCC32)CC1. The van der Waals surface area contributed by atoms with Crippen molar-refractivity contribution in [2.45, 2.75) is 50.6 Å². The van der Waals surface area contributed by atoms with Gasteiger partial charge in [0.15, 0.2) is 0 Å². The number of nitrogens with one attached hydrogen (secondary N) is 1. The smallest absolute Gasteiger partial charge is 0.226 e. The van der Waals surface area contributed by atoms with E-state index in [2.05, 4.69) is 5.32 Å². The summed E-state index contributed by atoms with van der Waals surface area (Å²) in [5.74, 6) is 0.559. The maximum absolute atomic E-state index is 12.7. The minimum absolute atomic E-state index is 0.0311. The van der Waals surface area contributed by atoms with Gasteiger partial charge in [0.25, 0.3) is 0 Å². The highest BCUT2D eigenvalue weighted by Gasteiger charge is 2.44. The third-order valence-electron chi connectivity index (χ3n) is 5.01. The van der Waals surface area contributed by atoms with E-state index in [0.29, 0.717) is 6.54 Å². The fraction of sp³-hybridized carbons (Fsp3) is 0.857. The molecular formula is C14H23N3O2. The van der Waals surface area contributed by atoms with Crippen molar-refractivity contribution in [2.75, 3.05) is 13.1 Å². The number of likely N-dealkylation sites (tertiary alicyclic amines) is 1. The second-order valence-corrected chi connectivity index (χ2v) is 6.20. The van der Waals surface area contributed by atoms with E-state index in [9.17, 15) is 9.59 Å². The van der Waals surface area contributed by atoms with Crippen molar-refractivity contribution in [3.05, 3.63) is 0 Å². The lowest BCUT2D eigenvalue weighted by molar-refractivity contribution is -0.141. The molecule has 3 aliphatic rings. The molecule has 0 spiro atoms. The second-order valence-electron chi connectivity index (χ2n) is 6.20. The molecule has 2 atom stereocenters. The van der Waals surface area contributed by atoms with Crippen molar-refractivity contribution < 1.29 is 9.59 Å². The largest absolute Gasteiger partial charge is 0.354 e. The number of nitrogens with zero attached hydrogens (tertiary/aromatic N) is 1. The number of carbonyl (C=O) groups is 2. The molecule has 0 aromatic rings. The zero-order valence-electron chi connectivity index (χ0n) is 11.3. The number of fused-ring (bicyclic) bond motifs is 1. The lowest BCUT2D eigenvalue weighted by Gasteiger charge is -2.39. The molecule has 3 fully saturated rings. The van der Waals surface area contributed by atoms with Gasteiger partial charge < -0.3 is 16.0 Å². The van der Waals surface area contributed by atoms with Crippen LogP contribution in [0, 0.1) is 11.8 Å². The van der Waals surface area contributed by atoms with Gasteiger partial charge in [-0.15, -0.1) is 0 Å². The fourth-order valence-corrected chi connectivity index (χ4v) is 3.83. The predicted octanol–water partition coefficient (Wildman–Crippen LogP) is 0.241. The number of carbonyl (C=O) groups excluding carboxylic acids is 2. The second kappa shape index (κ2) is 5.12. The van der Waals surface area contributed by atoms with Crippen LogP contribution in [0.2, 0.25) is 0 Å². The molecule has 0 bridgehead atoms. The number of hydrogen-bond donors (Lipinski definition) is 2. The Kier molecular flexibility index (Phi) is 3.48. The summed E-state index contributed by atoms with van der Waals surface area (Å²) >= 11 is 0. The van der Waals surface area contributed by atoms with Crippen molar-refractivity contribution in [1.29, 1.82) is 0 Å². The first-order valence-corrected chi connectivity index (χ1v) is 7.50. The number of rotatable bonds is 1. The fourth-order valence-electron chi connectivity index (χ4n) is 3.83. The number of hydrogen-bond acceptors (Lipinski definition) is 3. The molecule has 0 radical (unpaired) electrons. The summed E-state index contributed by atoms with van der Waals surface area (Å²) in [5.41, 5.74) is 5.90. The minimum Gasteiger partial charge on any atom is -0.354 e. The van der Waals surface area contributed by atoms with Crippen molar-refractivity contribution in [2.24, 2.45) is 17.6 Å². The first-order valence-electron chi connectivity index (χ1n) is 7.50. The van der Waals surface area contributed by atoms with E-state index < -0.39 is 0 Å². The maximum Gasteiger partial charge on any atom is 0.226 e. The van der Waals surface area contributed by atoms with Crippen LogP contribution in [0.1, 0.15) is 38.5 Å². The molecule has 0 aromatic heterocycles. The van der Waals surface area contributed by atoms with E-state index in [1.165, 1.54) is 0 Å². The van der Waals surface area contributed by atoms with Gasteiger partial charge in [-0.05, 0) is 38.5 Å². The van der Waals surface area contributed by atoms with Crippen LogP contribution in [0.4, 0.5) is 0 Å². The number of amides is 2. The topological polar surface area (TPSA) is 75.4 Å².